The first-order valence-corrected chi connectivity index (χ1v) is 4.42. The normalized spacial score (nSPS) is 10.0. The second-order valence-corrected chi connectivity index (χ2v) is 3.11. The fourth-order valence-corrected chi connectivity index (χ4v) is 1.41. The van der Waals surface area contributed by atoms with Gasteiger partial charge >= 0.3 is 0 Å². The molecule has 0 saturated heterocycles. The molecule has 2 aromatic carbocycles. The molecule has 2 aromatic rings. The molecule has 2 rings (SSSR count). The number of phenols is 1. The van der Waals surface area contributed by atoms with Crippen molar-refractivity contribution < 1.29 is 5.11 Å². The number of nitrogen functional groups attached to an aromatic ring is 1. The van der Waals surface area contributed by atoms with Crippen molar-refractivity contribution in [2.45, 2.75) is 0 Å². The van der Waals surface area contributed by atoms with Crippen molar-refractivity contribution in [2.75, 3.05) is 5.73 Å². The van der Waals surface area contributed by atoms with Crippen LogP contribution >= 0.6 is 0 Å². The van der Waals surface area contributed by atoms with Crippen LogP contribution in [0.5, 0.6) is 5.75 Å². The maximum absolute atomic E-state index is 9.73. The minimum atomic E-state index is 0.152. The van der Waals surface area contributed by atoms with Crippen molar-refractivity contribution in [2.24, 2.45) is 0 Å². The lowest BCUT2D eigenvalue weighted by atomic mass is 10.0. The molecule has 0 bridgehead atoms. The zero-order valence-electron chi connectivity index (χ0n) is 7.64. The Bertz CT molecular complexity index is 437. The Kier molecular flexibility index (Phi) is 2.11. The van der Waals surface area contributed by atoms with Crippen molar-refractivity contribution in [3.8, 4) is 16.9 Å². The minimum absolute atomic E-state index is 0.152. The maximum atomic E-state index is 9.73. The second kappa shape index (κ2) is 3.42. The van der Waals surface area contributed by atoms with E-state index in [0.29, 0.717) is 5.69 Å². The van der Waals surface area contributed by atoms with Gasteiger partial charge in [-0.2, -0.15) is 0 Å². The topological polar surface area (TPSA) is 46.2 Å². The molecule has 0 unspecified atom stereocenters. The number of benzene rings is 2. The Balaban J connectivity index is 2.58. The van der Waals surface area contributed by atoms with Crippen LogP contribution in [0.1, 0.15) is 0 Å². The number of para-hydroxylation sites is 1. The molecule has 0 amide bonds. The van der Waals surface area contributed by atoms with Crippen molar-refractivity contribution >= 4 is 5.69 Å². The monoisotopic (exact) mass is 185 g/mol. The number of anilines is 1. The second-order valence-electron chi connectivity index (χ2n) is 3.11. The summed E-state index contributed by atoms with van der Waals surface area (Å²) in [4.78, 5) is 0. The quantitative estimate of drug-likeness (QED) is 0.530. The fraction of sp³-hybridized carbons (Fsp3) is 0. The summed E-state index contributed by atoms with van der Waals surface area (Å²) in [5, 5.41) is 9.73. The van der Waals surface area contributed by atoms with Gasteiger partial charge in [0.1, 0.15) is 5.75 Å². The highest BCUT2D eigenvalue weighted by Gasteiger charge is 2.05. The molecule has 0 aromatic heterocycles. The first-order valence-electron chi connectivity index (χ1n) is 4.42. The Morgan fingerprint density at radius 2 is 1.57 bits per heavy atom. The van der Waals surface area contributed by atoms with Crippen molar-refractivity contribution in [1.29, 1.82) is 0 Å². The van der Waals surface area contributed by atoms with Crippen LogP contribution in [0.4, 0.5) is 5.69 Å². The summed E-state index contributed by atoms with van der Waals surface area (Å²) in [6.45, 7) is 0. The number of hydrogen-bond acceptors (Lipinski definition) is 2. The van der Waals surface area contributed by atoms with Crippen LogP contribution in [0.25, 0.3) is 11.1 Å². The summed E-state index contributed by atoms with van der Waals surface area (Å²) in [7, 11) is 0. The van der Waals surface area contributed by atoms with Gasteiger partial charge in [-0.15, -0.1) is 0 Å². The van der Waals surface area contributed by atoms with Crippen LogP contribution in [0, 0.1) is 0 Å². The number of nitrogens with two attached hydrogens (primary N) is 1. The van der Waals surface area contributed by atoms with E-state index in [9.17, 15) is 5.11 Å². The van der Waals surface area contributed by atoms with Gasteiger partial charge in [-0.25, -0.2) is 0 Å². The van der Waals surface area contributed by atoms with Gasteiger partial charge in [0.05, 0.1) is 5.69 Å². The number of aromatic hydroxyl groups is 1. The molecule has 3 N–H and O–H groups in total. The highest BCUT2D eigenvalue weighted by molar-refractivity contribution is 5.76. The van der Waals surface area contributed by atoms with E-state index in [4.69, 9.17) is 5.73 Å². The van der Waals surface area contributed by atoms with Crippen molar-refractivity contribution in [1.82, 2.24) is 0 Å². The molecule has 0 aliphatic carbocycles. The van der Waals surface area contributed by atoms with Gasteiger partial charge in [0, 0.05) is 5.56 Å². The lowest BCUT2D eigenvalue weighted by Crippen LogP contribution is -1.87. The zero-order chi connectivity index (χ0) is 9.97. The Hall–Kier alpha value is -1.96. The molecule has 0 atom stereocenters. The highest BCUT2D eigenvalue weighted by atomic mass is 16.3. The predicted molar refractivity (Wildman–Crippen MR) is 58.0 cm³/mol. The summed E-state index contributed by atoms with van der Waals surface area (Å²) in [6.07, 6.45) is 0. The molecule has 0 heterocycles. The molecular weight excluding hydrogens is 174 g/mol. The van der Waals surface area contributed by atoms with Gasteiger partial charge in [0.2, 0.25) is 0 Å². The summed E-state index contributed by atoms with van der Waals surface area (Å²) < 4.78 is 0. The number of phenolic OH excluding ortho intramolecular Hbond substituents is 1. The third-order valence-electron chi connectivity index (χ3n) is 2.15. The molecule has 0 fully saturated rings. The molecule has 2 nitrogen and oxygen atoms in total. The summed E-state index contributed by atoms with van der Waals surface area (Å²) >= 11 is 0. The van der Waals surface area contributed by atoms with Crippen LogP contribution in [0.3, 0.4) is 0 Å². The van der Waals surface area contributed by atoms with E-state index in [0.717, 1.165) is 11.1 Å². The van der Waals surface area contributed by atoms with E-state index in [1.54, 1.807) is 6.07 Å². The van der Waals surface area contributed by atoms with Gasteiger partial charge in [-0.3, -0.25) is 0 Å². The van der Waals surface area contributed by atoms with E-state index >= 15 is 0 Å². The van der Waals surface area contributed by atoms with E-state index in [2.05, 4.69) is 0 Å². The van der Waals surface area contributed by atoms with Crippen LogP contribution in [-0.2, 0) is 0 Å². The van der Waals surface area contributed by atoms with Crippen molar-refractivity contribution in [3.63, 3.8) is 0 Å². The largest absolute Gasteiger partial charge is 0.505 e. The highest BCUT2D eigenvalue weighted by Crippen LogP contribution is 2.33. The van der Waals surface area contributed by atoms with Crippen LogP contribution < -0.4 is 5.73 Å². The molecule has 70 valence electrons. The Labute approximate surface area is 82.6 Å². The average Bonchev–Trinajstić information content (AvgIpc) is 2.23. The van der Waals surface area contributed by atoms with E-state index in [1.807, 2.05) is 42.5 Å². The van der Waals surface area contributed by atoms with Gasteiger partial charge < -0.3 is 10.8 Å². The molecule has 0 radical (unpaired) electrons. The van der Waals surface area contributed by atoms with E-state index in [1.165, 1.54) is 0 Å². The molecule has 14 heavy (non-hydrogen) atoms. The molecule has 2 heteroatoms. The number of rotatable bonds is 1. The standard InChI is InChI=1S/C12H11NO/c13-11-8-4-7-10(12(11)14)9-5-2-1-3-6-9/h1-8,14H,13H2. The molecule has 0 aliphatic rings. The predicted octanol–water partition coefficient (Wildman–Crippen LogP) is 2.64. The van der Waals surface area contributed by atoms with E-state index < -0.39 is 0 Å². The van der Waals surface area contributed by atoms with Gasteiger partial charge in [0.15, 0.2) is 0 Å². The fourth-order valence-electron chi connectivity index (χ4n) is 1.41. The minimum Gasteiger partial charge on any atom is -0.505 e. The first-order chi connectivity index (χ1) is 6.79. The summed E-state index contributed by atoms with van der Waals surface area (Å²) in [5.41, 5.74) is 7.76. The third-order valence-corrected chi connectivity index (χ3v) is 2.15. The molecular formula is C12H11NO. The van der Waals surface area contributed by atoms with Crippen molar-refractivity contribution in [3.05, 3.63) is 48.5 Å². The number of hydrogen-bond donors (Lipinski definition) is 2. The maximum Gasteiger partial charge on any atom is 0.146 e. The van der Waals surface area contributed by atoms with Gasteiger partial charge in [-0.1, -0.05) is 42.5 Å². The lowest BCUT2D eigenvalue weighted by Gasteiger charge is -2.06. The smallest absolute Gasteiger partial charge is 0.146 e. The van der Waals surface area contributed by atoms with Crippen LogP contribution in [0.2, 0.25) is 0 Å². The van der Waals surface area contributed by atoms with Crippen LogP contribution in [0.15, 0.2) is 48.5 Å². The zero-order valence-corrected chi connectivity index (χ0v) is 7.64. The van der Waals surface area contributed by atoms with Gasteiger partial charge in [-0.05, 0) is 11.6 Å². The Morgan fingerprint density at radius 3 is 2.29 bits per heavy atom. The SMILES string of the molecule is Nc1cccc(-c2ccccc2)c1O. The third kappa shape index (κ3) is 1.42. The van der Waals surface area contributed by atoms with Crippen LogP contribution in [-0.4, -0.2) is 5.11 Å². The Morgan fingerprint density at radius 1 is 0.857 bits per heavy atom. The molecule has 0 spiro atoms. The molecule has 0 saturated carbocycles. The first kappa shape index (κ1) is 8.63. The van der Waals surface area contributed by atoms with E-state index in [-0.39, 0.29) is 5.75 Å². The lowest BCUT2D eigenvalue weighted by molar-refractivity contribution is 0.480. The summed E-state index contributed by atoms with van der Waals surface area (Å²) in [5.74, 6) is 0.152. The molecule has 0 aliphatic heterocycles. The van der Waals surface area contributed by atoms with Gasteiger partial charge in [0.25, 0.3) is 0 Å². The summed E-state index contributed by atoms with van der Waals surface area (Å²) in [6, 6.07) is 15.0. The average molecular weight is 185 g/mol.